The predicted molar refractivity (Wildman–Crippen MR) is 86.1 cm³/mol. The molecule has 110 valence electrons. The Labute approximate surface area is 132 Å². The molecule has 1 aliphatic heterocycles. The molecule has 0 aliphatic carbocycles. The molecule has 3 nitrogen and oxygen atoms in total. The highest BCUT2D eigenvalue weighted by molar-refractivity contribution is 7.16. The molecule has 1 aromatic heterocycles. The van der Waals surface area contributed by atoms with Crippen molar-refractivity contribution in [1.29, 1.82) is 0 Å². The maximum Gasteiger partial charge on any atom is 0.317 e. The number of thiophene rings is 1. The maximum atomic E-state index is 10.9. The third-order valence-corrected chi connectivity index (χ3v) is 5.63. The average molecular weight is 322 g/mol. The van der Waals surface area contributed by atoms with Crippen LogP contribution in [0.2, 0.25) is 5.02 Å². The van der Waals surface area contributed by atoms with Gasteiger partial charge >= 0.3 is 5.97 Å². The Bertz CT molecular complexity index is 696. The van der Waals surface area contributed by atoms with Gasteiger partial charge in [-0.25, -0.2) is 0 Å². The van der Waals surface area contributed by atoms with Gasteiger partial charge in [0.15, 0.2) is 0 Å². The first-order chi connectivity index (χ1) is 10.1. The molecule has 2 aromatic rings. The van der Waals surface area contributed by atoms with Crippen LogP contribution in [0.1, 0.15) is 16.0 Å². The Morgan fingerprint density at radius 2 is 2.19 bits per heavy atom. The average Bonchev–Trinajstić information content (AvgIpc) is 2.76. The number of aliphatic carboxylic acids is 1. The fourth-order valence-electron chi connectivity index (χ4n) is 2.81. The number of fused-ring (bicyclic) bond motifs is 1. The second-order valence-electron chi connectivity index (χ2n) is 5.29. The number of hydrogen-bond donors (Lipinski definition) is 1. The van der Waals surface area contributed by atoms with Gasteiger partial charge in [-0.1, -0.05) is 29.8 Å². The summed E-state index contributed by atoms with van der Waals surface area (Å²) in [6, 6.07) is 7.88. The molecule has 1 N–H and O–H groups in total. The van der Waals surface area contributed by atoms with Crippen molar-refractivity contribution in [3.63, 3.8) is 0 Å². The van der Waals surface area contributed by atoms with Crippen LogP contribution < -0.4 is 0 Å². The SMILES string of the molecule is Cc1c(-c2ccccc2Cl)sc2c1CN(CC(=O)O)CC2. The Kier molecular flexibility index (Phi) is 4.02. The van der Waals surface area contributed by atoms with Crippen molar-refractivity contribution in [3.8, 4) is 10.4 Å². The molecule has 0 bridgehead atoms. The summed E-state index contributed by atoms with van der Waals surface area (Å²) in [5.74, 6) is -0.766. The molecule has 1 aromatic carbocycles. The molecule has 0 amide bonds. The van der Waals surface area contributed by atoms with E-state index in [2.05, 4.69) is 6.92 Å². The topological polar surface area (TPSA) is 40.5 Å². The second-order valence-corrected chi connectivity index (χ2v) is 6.80. The Hall–Kier alpha value is -1.36. The second kappa shape index (κ2) is 5.79. The molecule has 0 spiro atoms. The molecular weight excluding hydrogens is 306 g/mol. The van der Waals surface area contributed by atoms with Gasteiger partial charge in [-0.05, 0) is 30.5 Å². The molecule has 3 rings (SSSR count). The largest absolute Gasteiger partial charge is 0.480 e. The summed E-state index contributed by atoms with van der Waals surface area (Å²) >= 11 is 8.10. The van der Waals surface area contributed by atoms with E-state index >= 15 is 0 Å². The van der Waals surface area contributed by atoms with E-state index in [0.717, 1.165) is 23.6 Å². The Morgan fingerprint density at radius 1 is 1.43 bits per heavy atom. The number of nitrogens with zero attached hydrogens (tertiary/aromatic N) is 1. The molecule has 0 atom stereocenters. The van der Waals surface area contributed by atoms with E-state index in [0.29, 0.717) is 6.54 Å². The van der Waals surface area contributed by atoms with Crippen molar-refractivity contribution in [3.05, 3.63) is 45.3 Å². The van der Waals surface area contributed by atoms with Crippen LogP contribution >= 0.6 is 22.9 Å². The van der Waals surface area contributed by atoms with E-state index in [1.54, 1.807) is 11.3 Å². The third-order valence-electron chi connectivity index (χ3n) is 3.87. The van der Waals surface area contributed by atoms with Crippen molar-refractivity contribution < 1.29 is 9.90 Å². The third kappa shape index (κ3) is 2.84. The lowest BCUT2D eigenvalue weighted by atomic mass is 10.0. The molecule has 2 heterocycles. The molecule has 5 heteroatoms. The monoisotopic (exact) mass is 321 g/mol. The standard InChI is InChI=1S/C16H16ClNO2S/c1-10-12-8-18(9-15(19)20)7-6-14(12)21-16(10)11-4-2-3-5-13(11)17/h2-5H,6-9H2,1H3,(H,19,20). The summed E-state index contributed by atoms with van der Waals surface area (Å²) in [7, 11) is 0. The van der Waals surface area contributed by atoms with E-state index in [1.807, 2.05) is 29.2 Å². The van der Waals surface area contributed by atoms with Gasteiger partial charge in [0.25, 0.3) is 0 Å². The van der Waals surface area contributed by atoms with Gasteiger partial charge in [0.1, 0.15) is 0 Å². The summed E-state index contributed by atoms with van der Waals surface area (Å²) in [6.07, 6.45) is 0.915. The number of carboxylic acids is 1. The summed E-state index contributed by atoms with van der Waals surface area (Å²) in [5.41, 5.74) is 3.58. The van der Waals surface area contributed by atoms with Crippen molar-refractivity contribution >= 4 is 28.9 Å². The summed E-state index contributed by atoms with van der Waals surface area (Å²) in [4.78, 5) is 15.4. The van der Waals surface area contributed by atoms with Crippen LogP contribution in [0.15, 0.2) is 24.3 Å². The van der Waals surface area contributed by atoms with Crippen LogP contribution in [0.3, 0.4) is 0 Å². The summed E-state index contributed by atoms with van der Waals surface area (Å²) in [6.45, 7) is 3.74. The number of carbonyl (C=O) groups is 1. The highest BCUT2D eigenvalue weighted by atomic mass is 35.5. The lowest BCUT2D eigenvalue weighted by Crippen LogP contribution is -2.34. The van der Waals surface area contributed by atoms with Crippen LogP contribution in [0.5, 0.6) is 0 Å². The Balaban J connectivity index is 1.96. The van der Waals surface area contributed by atoms with Crippen LogP contribution in [0.25, 0.3) is 10.4 Å². The van der Waals surface area contributed by atoms with Crippen molar-refractivity contribution in [2.75, 3.05) is 13.1 Å². The van der Waals surface area contributed by atoms with Gasteiger partial charge in [-0.3, -0.25) is 9.69 Å². The van der Waals surface area contributed by atoms with E-state index in [1.165, 1.54) is 20.9 Å². The van der Waals surface area contributed by atoms with Gasteiger partial charge in [0.05, 0.1) is 6.54 Å². The predicted octanol–water partition coefficient (Wildman–Crippen LogP) is 3.82. The molecule has 21 heavy (non-hydrogen) atoms. The lowest BCUT2D eigenvalue weighted by Gasteiger charge is -2.25. The Morgan fingerprint density at radius 3 is 2.90 bits per heavy atom. The van der Waals surface area contributed by atoms with Crippen molar-refractivity contribution in [1.82, 2.24) is 4.90 Å². The maximum absolute atomic E-state index is 10.9. The molecule has 0 radical (unpaired) electrons. The van der Waals surface area contributed by atoms with Crippen molar-refractivity contribution in [2.45, 2.75) is 19.9 Å². The number of hydrogen-bond acceptors (Lipinski definition) is 3. The number of carboxylic acid groups (broad SMARTS) is 1. The summed E-state index contributed by atoms with van der Waals surface area (Å²) < 4.78 is 0. The first kappa shape index (κ1) is 14.6. The van der Waals surface area contributed by atoms with Gasteiger partial charge in [-0.2, -0.15) is 0 Å². The van der Waals surface area contributed by atoms with Gasteiger partial charge < -0.3 is 5.11 Å². The molecule has 0 saturated heterocycles. The zero-order chi connectivity index (χ0) is 15.0. The van der Waals surface area contributed by atoms with E-state index < -0.39 is 5.97 Å². The van der Waals surface area contributed by atoms with E-state index in [-0.39, 0.29) is 6.54 Å². The van der Waals surface area contributed by atoms with Gasteiger partial charge in [0.2, 0.25) is 0 Å². The van der Waals surface area contributed by atoms with Crippen LogP contribution in [-0.2, 0) is 17.8 Å². The molecule has 0 saturated carbocycles. The molecule has 0 fully saturated rings. The van der Waals surface area contributed by atoms with Crippen molar-refractivity contribution in [2.24, 2.45) is 0 Å². The van der Waals surface area contributed by atoms with E-state index in [4.69, 9.17) is 16.7 Å². The number of halogens is 1. The van der Waals surface area contributed by atoms with Crippen LogP contribution in [0.4, 0.5) is 0 Å². The van der Waals surface area contributed by atoms with Gasteiger partial charge in [0, 0.05) is 33.4 Å². The lowest BCUT2D eigenvalue weighted by molar-refractivity contribution is -0.138. The molecular formula is C16H16ClNO2S. The zero-order valence-electron chi connectivity index (χ0n) is 11.7. The summed E-state index contributed by atoms with van der Waals surface area (Å²) in [5, 5.41) is 9.71. The van der Waals surface area contributed by atoms with E-state index in [9.17, 15) is 4.79 Å². The fourth-order valence-corrected chi connectivity index (χ4v) is 4.44. The zero-order valence-corrected chi connectivity index (χ0v) is 13.3. The van der Waals surface area contributed by atoms with Crippen LogP contribution in [0, 0.1) is 6.92 Å². The minimum atomic E-state index is -0.766. The quantitative estimate of drug-likeness (QED) is 0.934. The molecule has 0 unspecified atom stereocenters. The molecule has 1 aliphatic rings. The highest BCUT2D eigenvalue weighted by Crippen LogP contribution is 2.41. The highest BCUT2D eigenvalue weighted by Gasteiger charge is 2.24. The first-order valence-electron chi connectivity index (χ1n) is 6.86. The fraction of sp³-hybridized carbons (Fsp3) is 0.312. The van der Waals surface area contributed by atoms with Crippen LogP contribution in [-0.4, -0.2) is 29.1 Å². The first-order valence-corrected chi connectivity index (χ1v) is 8.06. The van der Waals surface area contributed by atoms with Gasteiger partial charge in [-0.15, -0.1) is 11.3 Å². The smallest absolute Gasteiger partial charge is 0.317 e. The minimum absolute atomic E-state index is 0.107. The minimum Gasteiger partial charge on any atom is -0.480 e. The number of rotatable bonds is 3. The number of benzene rings is 1. The normalized spacial score (nSPS) is 15.0.